The minimum Gasteiger partial charge on any atom is -0.497 e. The van der Waals surface area contributed by atoms with Gasteiger partial charge in [0.2, 0.25) is 0 Å². The van der Waals surface area contributed by atoms with Crippen LogP contribution in [0.4, 0.5) is 0 Å². The molecular weight excluding hydrogens is 200 g/mol. The van der Waals surface area contributed by atoms with E-state index in [0.29, 0.717) is 6.61 Å². The van der Waals surface area contributed by atoms with Gasteiger partial charge in [0, 0.05) is 0 Å². The minimum atomic E-state index is 0.293. The summed E-state index contributed by atoms with van der Waals surface area (Å²) in [6, 6.07) is 11.8. The van der Waals surface area contributed by atoms with Gasteiger partial charge in [-0.3, -0.25) is 0 Å². The monoisotopic (exact) mass is 212 g/mol. The fourth-order valence-corrected chi connectivity index (χ4v) is 1.54. The van der Waals surface area contributed by atoms with E-state index in [1.165, 1.54) is 0 Å². The van der Waals surface area contributed by atoms with Gasteiger partial charge in [-0.2, -0.15) is 0 Å². The van der Waals surface area contributed by atoms with Crippen LogP contribution in [0, 0.1) is 12.3 Å². The molecule has 0 aliphatic rings. The molecule has 2 aromatic rings. The van der Waals surface area contributed by atoms with E-state index in [1.807, 2.05) is 36.4 Å². The topological polar surface area (TPSA) is 18.5 Å². The minimum absolute atomic E-state index is 0.293. The maximum absolute atomic E-state index is 5.35. The summed E-state index contributed by atoms with van der Waals surface area (Å²) in [7, 11) is 1.66. The third-order valence-electron chi connectivity index (χ3n) is 2.34. The maximum Gasteiger partial charge on any atom is 0.148 e. The highest BCUT2D eigenvalue weighted by Gasteiger charge is 1.98. The predicted octanol–water partition coefficient (Wildman–Crippen LogP) is 2.86. The summed E-state index contributed by atoms with van der Waals surface area (Å²) in [5.41, 5.74) is 0. The predicted molar refractivity (Wildman–Crippen MR) is 64.8 cm³/mol. The van der Waals surface area contributed by atoms with Crippen molar-refractivity contribution in [1.82, 2.24) is 0 Å². The van der Waals surface area contributed by atoms with E-state index in [0.717, 1.165) is 22.3 Å². The third-order valence-corrected chi connectivity index (χ3v) is 2.34. The molecule has 0 fully saturated rings. The van der Waals surface area contributed by atoms with Gasteiger partial charge in [0.05, 0.1) is 7.11 Å². The zero-order chi connectivity index (χ0) is 11.4. The summed E-state index contributed by atoms with van der Waals surface area (Å²) in [4.78, 5) is 0. The molecule has 0 N–H and O–H groups in total. The Hall–Kier alpha value is -2.14. The van der Waals surface area contributed by atoms with E-state index < -0.39 is 0 Å². The molecule has 0 bridgehead atoms. The van der Waals surface area contributed by atoms with E-state index in [-0.39, 0.29) is 0 Å². The SMILES string of the molecule is C#CCOc1ccc2cc(OC)ccc2c1. The molecule has 16 heavy (non-hydrogen) atoms. The molecule has 0 aliphatic carbocycles. The van der Waals surface area contributed by atoms with Crippen LogP contribution < -0.4 is 9.47 Å². The Labute approximate surface area is 94.8 Å². The van der Waals surface area contributed by atoms with Crippen LogP contribution in [0.2, 0.25) is 0 Å². The lowest BCUT2D eigenvalue weighted by molar-refractivity contribution is 0.371. The molecule has 80 valence electrons. The highest BCUT2D eigenvalue weighted by atomic mass is 16.5. The second-order valence-electron chi connectivity index (χ2n) is 3.37. The second-order valence-corrected chi connectivity index (χ2v) is 3.37. The van der Waals surface area contributed by atoms with Gasteiger partial charge < -0.3 is 9.47 Å². The van der Waals surface area contributed by atoms with Crippen LogP contribution in [-0.2, 0) is 0 Å². The Bertz CT molecular complexity index is 538. The molecule has 0 spiro atoms. The van der Waals surface area contributed by atoms with E-state index in [9.17, 15) is 0 Å². The number of methoxy groups -OCH3 is 1. The molecule has 2 heteroatoms. The van der Waals surface area contributed by atoms with Gasteiger partial charge in [0.25, 0.3) is 0 Å². The Morgan fingerprint density at radius 2 is 1.69 bits per heavy atom. The van der Waals surface area contributed by atoms with Gasteiger partial charge in [-0.25, -0.2) is 0 Å². The molecule has 0 radical (unpaired) electrons. The van der Waals surface area contributed by atoms with E-state index in [1.54, 1.807) is 7.11 Å². The van der Waals surface area contributed by atoms with Gasteiger partial charge in [-0.15, -0.1) is 6.42 Å². The second kappa shape index (κ2) is 4.59. The zero-order valence-corrected chi connectivity index (χ0v) is 9.07. The van der Waals surface area contributed by atoms with Crippen molar-refractivity contribution in [3.8, 4) is 23.8 Å². The lowest BCUT2D eigenvalue weighted by atomic mass is 10.1. The first-order chi connectivity index (χ1) is 7.83. The summed E-state index contributed by atoms with van der Waals surface area (Å²) >= 11 is 0. The summed E-state index contributed by atoms with van der Waals surface area (Å²) < 4.78 is 10.5. The van der Waals surface area contributed by atoms with Crippen LogP contribution in [-0.4, -0.2) is 13.7 Å². The number of terminal acetylenes is 1. The van der Waals surface area contributed by atoms with Crippen LogP contribution >= 0.6 is 0 Å². The van der Waals surface area contributed by atoms with Crippen LogP contribution in [0.3, 0.4) is 0 Å². The number of hydrogen-bond donors (Lipinski definition) is 0. The first-order valence-electron chi connectivity index (χ1n) is 4.97. The third kappa shape index (κ3) is 2.09. The van der Waals surface area contributed by atoms with Crippen molar-refractivity contribution in [2.45, 2.75) is 0 Å². The van der Waals surface area contributed by atoms with Crippen molar-refractivity contribution in [2.24, 2.45) is 0 Å². The molecule has 0 unspecified atom stereocenters. The largest absolute Gasteiger partial charge is 0.497 e. The molecule has 0 saturated heterocycles. The van der Waals surface area contributed by atoms with Gasteiger partial charge in [0.15, 0.2) is 0 Å². The highest BCUT2D eigenvalue weighted by molar-refractivity contribution is 5.85. The van der Waals surface area contributed by atoms with Crippen molar-refractivity contribution >= 4 is 10.8 Å². The number of rotatable bonds is 3. The van der Waals surface area contributed by atoms with Crippen molar-refractivity contribution in [3.63, 3.8) is 0 Å². The van der Waals surface area contributed by atoms with Crippen molar-refractivity contribution in [1.29, 1.82) is 0 Å². The van der Waals surface area contributed by atoms with Crippen LogP contribution in [0.15, 0.2) is 36.4 Å². The summed E-state index contributed by atoms with van der Waals surface area (Å²) in [6.45, 7) is 0.293. The first kappa shape index (κ1) is 10.4. The Balaban J connectivity index is 2.36. The lowest BCUT2D eigenvalue weighted by Gasteiger charge is -2.05. The summed E-state index contributed by atoms with van der Waals surface area (Å²) in [5.74, 6) is 4.08. The molecule has 0 saturated carbocycles. The van der Waals surface area contributed by atoms with Gasteiger partial charge in [0.1, 0.15) is 18.1 Å². The van der Waals surface area contributed by atoms with Crippen LogP contribution in [0.1, 0.15) is 0 Å². The molecular formula is C14H12O2. The van der Waals surface area contributed by atoms with Crippen molar-refractivity contribution in [2.75, 3.05) is 13.7 Å². The van der Waals surface area contributed by atoms with Crippen molar-refractivity contribution in [3.05, 3.63) is 36.4 Å². The molecule has 0 amide bonds. The van der Waals surface area contributed by atoms with Gasteiger partial charge >= 0.3 is 0 Å². The molecule has 2 rings (SSSR count). The quantitative estimate of drug-likeness (QED) is 0.728. The Morgan fingerprint density at radius 1 is 1.06 bits per heavy atom. The first-order valence-corrected chi connectivity index (χ1v) is 4.97. The highest BCUT2D eigenvalue weighted by Crippen LogP contribution is 2.24. The normalized spacial score (nSPS) is 9.75. The molecule has 0 aliphatic heterocycles. The number of hydrogen-bond acceptors (Lipinski definition) is 2. The molecule has 2 nitrogen and oxygen atoms in total. The Morgan fingerprint density at radius 3 is 2.31 bits per heavy atom. The van der Waals surface area contributed by atoms with Crippen LogP contribution in [0.5, 0.6) is 11.5 Å². The van der Waals surface area contributed by atoms with E-state index in [4.69, 9.17) is 15.9 Å². The average molecular weight is 212 g/mol. The summed E-state index contributed by atoms with van der Waals surface area (Å²) in [5, 5.41) is 2.22. The Kier molecular flexibility index (Phi) is 2.98. The average Bonchev–Trinajstić information content (AvgIpc) is 2.35. The fraction of sp³-hybridized carbons (Fsp3) is 0.143. The maximum atomic E-state index is 5.35. The number of ether oxygens (including phenoxy) is 2. The van der Waals surface area contributed by atoms with Crippen molar-refractivity contribution < 1.29 is 9.47 Å². The smallest absolute Gasteiger partial charge is 0.148 e. The molecule has 0 heterocycles. The lowest BCUT2D eigenvalue weighted by Crippen LogP contribution is -1.92. The zero-order valence-electron chi connectivity index (χ0n) is 9.07. The molecule has 2 aromatic carbocycles. The number of fused-ring (bicyclic) bond motifs is 1. The van der Waals surface area contributed by atoms with E-state index in [2.05, 4.69) is 5.92 Å². The molecule has 0 aromatic heterocycles. The van der Waals surface area contributed by atoms with Gasteiger partial charge in [-0.05, 0) is 35.0 Å². The summed E-state index contributed by atoms with van der Waals surface area (Å²) in [6.07, 6.45) is 5.14. The van der Waals surface area contributed by atoms with Crippen LogP contribution in [0.25, 0.3) is 10.8 Å². The number of benzene rings is 2. The molecule has 0 atom stereocenters. The van der Waals surface area contributed by atoms with Gasteiger partial charge in [-0.1, -0.05) is 18.1 Å². The fourth-order valence-electron chi connectivity index (χ4n) is 1.54. The standard InChI is InChI=1S/C14H12O2/c1-3-8-16-14-7-5-11-9-13(15-2)6-4-12(11)10-14/h1,4-7,9-10H,8H2,2H3. The van der Waals surface area contributed by atoms with E-state index >= 15 is 0 Å².